The fourth-order valence-corrected chi connectivity index (χ4v) is 1.29. The van der Waals surface area contributed by atoms with Crippen molar-refractivity contribution in [3.05, 3.63) is 0 Å². The summed E-state index contributed by atoms with van der Waals surface area (Å²) in [5.41, 5.74) is 2.33. The first-order chi connectivity index (χ1) is 7.39. The quantitative estimate of drug-likeness (QED) is 0.182. The number of ether oxygens (including phenoxy) is 1. The van der Waals surface area contributed by atoms with Crippen LogP contribution in [0.2, 0.25) is 0 Å². The van der Waals surface area contributed by atoms with Crippen molar-refractivity contribution in [2.45, 2.75) is 13.0 Å². The number of methoxy groups -OCH3 is 1. The Hall–Kier alpha value is -0.900. The molecule has 0 fully saturated rings. The summed E-state index contributed by atoms with van der Waals surface area (Å²) in [6.45, 7) is 2.40. The summed E-state index contributed by atoms with van der Waals surface area (Å²) in [4.78, 5) is 3.90. The van der Waals surface area contributed by atoms with Gasteiger partial charge in [0.1, 0.15) is 0 Å². The van der Waals surface area contributed by atoms with Gasteiger partial charge in [-0.05, 0) is 6.92 Å². The molecule has 0 radical (unpaired) electrons. The molecule has 9 heteroatoms. The zero-order chi connectivity index (χ0) is 12.6. The van der Waals surface area contributed by atoms with Crippen molar-refractivity contribution < 1.29 is 13.2 Å². The van der Waals surface area contributed by atoms with E-state index in [4.69, 9.17) is 15.7 Å². The van der Waals surface area contributed by atoms with Crippen molar-refractivity contribution in [3.8, 4) is 0 Å². The largest absolute Gasteiger partial charge is 0.383 e. The highest BCUT2D eigenvalue weighted by Gasteiger charge is 2.05. The topological polar surface area (TPSA) is 132 Å². The molecular weight excluding hydrogens is 234 g/mol. The molecule has 0 aliphatic heterocycles. The molecule has 0 aromatic heterocycles. The highest BCUT2D eigenvalue weighted by molar-refractivity contribution is 7.89. The van der Waals surface area contributed by atoms with Gasteiger partial charge in [0.15, 0.2) is 0 Å². The summed E-state index contributed by atoms with van der Waals surface area (Å²) < 4.78 is 26.2. The van der Waals surface area contributed by atoms with Gasteiger partial charge in [-0.15, -0.1) is 0 Å². The lowest BCUT2D eigenvalue weighted by Crippen LogP contribution is -2.47. The van der Waals surface area contributed by atoms with Gasteiger partial charge in [-0.3, -0.25) is 10.4 Å². The Balaban J connectivity index is 4.12. The number of hydrazine groups is 1. The summed E-state index contributed by atoms with van der Waals surface area (Å²) >= 11 is 0. The second-order valence-corrected chi connectivity index (χ2v) is 4.98. The molecule has 6 N–H and O–H groups in total. The van der Waals surface area contributed by atoms with Crippen LogP contribution >= 0.6 is 0 Å². The second kappa shape index (κ2) is 7.39. The van der Waals surface area contributed by atoms with Gasteiger partial charge in [-0.2, -0.15) is 0 Å². The van der Waals surface area contributed by atoms with Crippen LogP contribution in [0.1, 0.15) is 6.92 Å². The summed E-state index contributed by atoms with van der Waals surface area (Å²) in [5, 5.41) is 7.73. The van der Waals surface area contributed by atoms with Crippen molar-refractivity contribution in [1.29, 1.82) is 0 Å². The summed E-state index contributed by atoms with van der Waals surface area (Å²) in [6, 6.07) is 0.00860. The zero-order valence-corrected chi connectivity index (χ0v) is 10.3. The van der Waals surface area contributed by atoms with Gasteiger partial charge in [0, 0.05) is 13.2 Å². The first kappa shape index (κ1) is 15.1. The van der Waals surface area contributed by atoms with Crippen LogP contribution in [0, 0.1) is 0 Å². The number of rotatable bonds is 6. The number of nitrogens with one attached hydrogen (secondary N) is 2. The van der Waals surface area contributed by atoms with E-state index in [-0.39, 0.29) is 18.3 Å². The molecule has 1 atom stereocenters. The lowest BCUT2D eigenvalue weighted by atomic mass is 10.4. The number of hydrogen-bond donors (Lipinski definition) is 4. The van der Waals surface area contributed by atoms with Gasteiger partial charge in [0.25, 0.3) is 0 Å². The monoisotopic (exact) mass is 253 g/mol. The van der Waals surface area contributed by atoms with E-state index in [1.54, 1.807) is 7.11 Å². The number of hydrogen-bond acceptors (Lipinski definition) is 5. The summed E-state index contributed by atoms with van der Waals surface area (Å²) in [5.74, 6) is 5.28. The lowest BCUT2D eigenvalue weighted by molar-refractivity contribution is 0.179. The van der Waals surface area contributed by atoms with E-state index >= 15 is 0 Å². The Kier molecular flexibility index (Phi) is 6.97. The molecule has 8 nitrogen and oxygen atoms in total. The van der Waals surface area contributed by atoms with Crippen LogP contribution in [0.5, 0.6) is 0 Å². The van der Waals surface area contributed by atoms with Crippen LogP contribution in [0.3, 0.4) is 0 Å². The Bertz CT molecular complexity index is 316. The Labute approximate surface area is 95.4 Å². The van der Waals surface area contributed by atoms with Crippen LogP contribution in [0.15, 0.2) is 4.99 Å². The molecule has 0 aliphatic carbocycles. The average molecular weight is 253 g/mol. The third kappa shape index (κ3) is 8.41. The Morgan fingerprint density at radius 2 is 2.19 bits per heavy atom. The van der Waals surface area contributed by atoms with Gasteiger partial charge in [0.2, 0.25) is 16.0 Å². The van der Waals surface area contributed by atoms with E-state index < -0.39 is 10.0 Å². The van der Waals surface area contributed by atoms with Crippen LogP contribution in [-0.4, -0.2) is 46.4 Å². The minimum Gasteiger partial charge on any atom is -0.383 e. The third-order valence-corrected chi connectivity index (χ3v) is 2.33. The van der Waals surface area contributed by atoms with Crippen molar-refractivity contribution >= 4 is 16.0 Å². The Morgan fingerprint density at radius 3 is 2.62 bits per heavy atom. The maximum atomic E-state index is 10.6. The van der Waals surface area contributed by atoms with Gasteiger partial charge < -0.3 is 10.1 Å². The molecular formula is C7H19N5O3S. The van der Waals surface area contributed by atoms with Crippen molar-refractivity contribution in [2.24, 2.45) is 16.0 Å². The molecule has 96 valence electrons. The molecule has 16 heavy (non-hydrogen) atoms. The molecule has 0 aliphatic rings. The fourth-order valence-electron chi connectivity index (χ4n) is 0.943. The first-order valence-electron chi connectivity index (χ1n) is 4.66. The second-order valence-electron chi connectivity index (χ2n) is 3.24. The molecule has 0 aromatic rings. The zero-order valence-electron chi connectivity index (χ0n) is 9.43. The lowest BCUT2D eigenvalue weighted by Gasteiger charge is -2.15. The van der Waals surface area contributed by atoms with Gasteiger partial charge in [-0.1, -0.05) is 0 Å². The maximum absolute atomic E-state index is 10.6. The van der Waals surface area contributed by atoms with Crippen LogP contribution < -0.4 is 21.7 Å². The summed E-state index contributed by atoms with van der Waals surface area (Å²) in [7, 11) is -1.92. The molecule has 0 bridgehead atoms. The van der Waals surface area contributed by atoms with Gasteiger partial charge >= 0.3 is 0 Å². The number of primary sulfonamides is 1. The van der Waals surface area contributed by atoms with E-state index in [0.717, 1.165) is 0 Å². The fraction of sp³-hybridized carbons (Fsp3) is 0.857. The number of sulfonamides is 1. The van der Waals surface area contributed by atoms with Crippen LogP contribution in [-0.2, 0) is 14.8 Å². The minimum absolute atomic E-state index is 0.00860. The van der Waals surface area contributed by atoms with Crippen molar-refractivity contribution in [2.75, 3.05) is 26.0 Å². The highest BCUT2D eigenvalue weighted by Crippen LogP contribution is 1.84. The number of aliphatic imine (C=N–C) groups is 1. The first-order valence-corrected chi connectivity index (χ1v) is 6.37. The smallest absolute Gasteiger partial charge is 0.210 e. The standard InChI is InChI=1S/C7H19N5O3S/c1-6(5-15-2)11-7(12-8)10-3-4-16(9,13)14/h6H,3-5,8H2,1-2H3,(H2,9,13,14)(H2,10,11,12). The maximum Gasteiger partial charge on any atom is 0.210 e. The SMILES string of the molecule is COCC(C)NC(=NCCS(N)(=O)=O)NN. The number of guanidine groups is 1. The van der Waals surface area contributed by atoms with E-state index in [1.165, 1.54) is 0 Å². The summed E-state index contributed by atoms with van der Waals surface area (Å²) in [6.07, 6.45) is 0. The number of nitrogens with two attached hydrogens (primary N) is 2. The van der Waals surface area contributed by atoms with Crippen LogP contribution in [0.4, 0.5) is 0 Å². The molecule has 0 saturated carbocycles. The highest BCUT2D eigenvalue weighted by atomic mass is 32.2. The van der Waals surface area contributed by atoms with Crippen LogP contribution in [0.25, 0.3) is 0 Å². The molecule has 0 rings (SSSR count). The molecule has 0 amide bonds. The van der Waals surface area contributed by atoms with Gasteiger partial charge in [0.05, 0.1) is 18.9 Å². The van der Waals surface area contributed by atoms with E-state index in [2.05, 4.69) is 15.7 Å². The molecule has 0 spiro atoms. The minimum atomic E-state index is -3.49. The Morgan fingerprint density at radius 1 is 1.56 bits per heavy atom. The van der Waals surface area contributed by atoms with E-state index in [9.17, 15) is 8.42 Å². The van der Waals surface area contributed by atoms with Crippen molar-refractivity contribution in [3.63, 3.8) is 0 Å². The number of nitrogens with zero attached hydrogens (tertiary/aromatic N) is 1. The van der Waals surface area contributed by atoms with Crippen molar-refractivity contribution in [1.82, 2.24) is 10.7 Å². The molecule has 0 saturated heterocycles. The predicted molar refractivity (Wildman–Crippen MR) is 62.1 cm³/mol. The van der Waals surface area contributed by atoms with E-state index in [0.29, 0.717) is 12.6 Å². The third-order valence-electron chi connectivity index (χ3n) is 1.58. The molecule has 1 unspecified atom stereocenters. The van der Waals surface area contributed by atoms with Gasteiger partial charge in [-0.25, -0.2) is 19.4 Å². The predicted octanol–water partition coefficient (Wildman–Crippen LogP) is -2.28. The average Bonchev–Trinajstić information content (AvgIpc) is 2.14. The molecule has 0 heterocycles. The van der Waals surface area contributed by atoms with E-state index in [1.807, 2.05) is 6.92 Å². The normalized spacial score (nSPS) is 14.6. The molecule has 0 aromatic carbocycles.